The minimum Gasteiger partial charge on any atom is -0.508 e. The van der Waals surface area contributed by atoms with E-state index in [0.717, 1.165) is 16.9 Å². The second-order valence-corrected chi connectivity index (χ2v) is 3.38. The van der Waals surface area contributed by atoms with Crippen LogP contribution >= 0.6 is 0 Å². The van der Waals surface area contributed by atoms with Crippen molar-refractivity contribution in [1.82, 2.24) is 0 Å². The summed E-state index contributed by atoms with van der Waals surface area (Å²) in [6.07, 6.45) is 2.30. The molecule has 3 N–H and O–H groups in total. The fraction of sp³-hybridized carbons (Fsp3) is 0.167. The quantitative estimate of drug-likeness (QED) is 0.802. The number of benzene rings is 1. The van der Waals surface area contributed by atoms with Gasteiger partial charge in [-0.25, -0.2) is 0 Å². The van der Waals surface area contributed by atoms with Gasteiger partial charge in [-0.3, -0.25) is 0 Å². The van der Waals surface area contributed by atoms with Crippen molar-refractivity contribution >= 4 is 0 Å². The number of aromatic hydroxyl groups is 1. The molecule has 0 bridgehead atoms. The third-order valence-corrected chi connectivity index (χ3v) is 2.40. The van der Waals surface area contributed by atoms with E-state index in [1.807, 2.05) is 24.3 Å². The fourth-order valence-electron chi connectivity index (χ4n) is 1.62. The summed E-state index contributed by atoms with van der Waals surface area (Å²) in [7, 11) is 0. The summed E-state index contributed by atoms with van der Waals surface area (Å²) in [5, 5.41) is 9.61. The van der Waals surface area contributed by atoms with Gasteiger partial charge < -0.3 is 15.3 Å². The van der Waals surface area contributed by atoms with Gasteiger partial charge in [0.15, 0.2) is 0 Å². The first-order valence-corrected chi connectivity index (χ1v) is 4.83. The van der Waals surface area contributed by atoms with Gasteiger partial charge in [-0.2, -0.15) is 0 Å². The summed E-state index contributed by atoms with van der Waals surface area (Å²) in [5.41, 5.74) is 7.38. The molecule has 0 unspecified atom stereocenters. The topological polar surface area (TPSA) is 59.4 Å². The zero-order chi connectivity index (χ0) is 10.7. The maximum absolute atomic E-state index is 9.61. The number of rotatable bonds is 3. The highest BCUT2D eigenvalue weighted by molar-refractivity contribution is 5.40. The van der Waals surface area contributed by atoms with Gasteiger partial charge in [0, 0.05) is 18.5 Å². The Bertz CT molecular complexity index is 435. The number of hydrogen-bond acceptors (Lipinski definition) is 3. The molecule has 1 aromatic heterocycles. The molecule has 0 saturated heterocycles. The molecule has 78 valence electrons. The molecule has 1 aromatic carbocycles. The molecule has 3 nitrogen and oxygen atoms in total. The highest BCUT2D eigenvalue weighted by Gasteiger charge is 2.07. The Morgan fingerprint density at radius 3 is 2.73 bits per heavy atom. The van der Waals surface area contributed by atoms with Crippen LogP contribution in [0.3, 0.4) is 0 Å². The van der Waals surface area contributed by atoms with Crippen LogP contribution in [0.15, 0.2) is 41.0 Å². The van der Waals surface area contributed by atoms with Crippen LogP contribution in [0.25, 0.3) is 0 Å². The molecule has 2 rings (SSSR count). The molecule has 3 heteroatoms. The standard InChI is InChI=1S/C12H13NO2/c13-8-11-9(3-1-5-12(11)14)7-10-4-2-6-15-10/h1-6,14H,7-8,13H2. The van der Waals surface area contributed by atoms with E-state index in [-0.39, 0.29) is 5.75 Å². The lowest BCUT2D eigenvalue weighted by molar-refractivity contribution is 0.466. The van der Waals surface area contributed by atoms with E-state index in [4.69, 9.17) is 10.2 Å². The first kappa shape index (κ1) is 9.80. The normalized spacial score (nSPS) is 10.5. The number of phenolic OH excluding ortho intramolecular Hbond substituents is 1. The van der Waals surface area contributed by atoms with Gasteiger partial charge in [0.05, 0.1) is 6.26 Å². The van der Waals surface area contributed by atoms with Gasteiger partial charge in [0.2, 0.25) is 0 Å². The molecule has 0 aliphatic rings. The average Bonchev–Trinajstić information content (AvgIpc) is 2.71. The van der Waals surface area contributed by atoms with Crippen LogP contribution in [0.2, 0.25) is 0 Å². The maximum atomic E-state index is 9.61. The Kier molecular flexibility index (Phi) is 2.74. The minimum atomic E-state index is 0.251. The van der Waals surface area contributed by atoms with Crippen molar-refractivity contribution in [2.24, 2.45) is 5.73 Å². The predicted molar refractivity (Wildman–Crippen MR) is 57.5 cm³/mol. The van der Waals surface area contributed by atoms with Gasteiger partial charge >= 0.3 is 0 Å². The van der Waals surface area contributed by atoms with Crippen LogP contribution in [0, 0.1) is 0 Å². The molecule has 2 aromatic rings. The number of nitrogens with two attached hydrogens (primary N) is 1. The summed E-state index contributed by atoms with van der Waals surface area (Å²) in [5.74, 6) is 1.12. The third-order valence-electron chi connectivity index (χ3n) is 2.40. The van der Waals surface area contributed by atoms with E-state index in [0.29, 0.717) is 13.0 Å². The Balaban J connectivity index is 2.32. The third kappa shape index (κ3) is 2.02. The second kappa shape index (κ2) is 4.19. The first-order chi connectivity index (χ1) is 7.31. The average molecular weight is 203 g/mol. The van der Waals surface area contributed by atoms with Crippen LogP contribution in [-0.4, -0.2) is 5.11 Å². The van der Waals surface area contributed by atoms with Crippen LogP contribution in [0.4, 0.5) is 0 Å². The smallest absolute Gasteiger partial charge is 0.120 e. The van der Waals surface area contributed by atoms with Crippen molar-refractivity contribution in [3.63, 3.8) is 0 Å². The van der Waals surface area contributed by atoms with E-state index in [9.17, 15) is 5.11 Å². The summed E-state index contributed by atoms with van der Waals surface area (Å²) in [4.78, 5) is 0. The van der Waals surface area contributed by atoms with Gasteiger partial charge in [-0.05, 0) is 23.8 Å². The second-order valence-electron chi connectivity index (χ2n) is 3.38. The number of furan rings is 1. The molecule has 0 fully saturated rings. The Hall–Kier alpha value is -1.74. The van der Waals surface area contributed by atoms with Crippen molar-refractivity contribution < 1.29 is 9.52 Å². The summed E-state index contributed by atoms with van der Waals surface area (Å²) in [6.45, 7) is 0.336. The minimum absolute atomic E-state index is 0.251. The molecule has 0 aliphatic heterocycles. The number of phenols is 1. The van der Waals surface area contributed by atoms with Crippen molar-refractivity contribution in [2.45, 2.75) is 13.0 Å². The van der Waals surface area contributed by atoms with Gasteiger partial charge in [0.1, 0.15) is 11.5 Å². The Morgan fingerprint density at radius 2 is 2.07 bits per heavy atom. The maximum Gasteiger partial charge on any atom is 0.120 e. The van der Waals surface area contributed by atoms with Crippen LogP contribution in [0.1, 0.15) is 16.9 Å². The first-order valence-electron chi connectivity index (χ1n) is 4.83. The SMILES string of the molecule is NCc1c(O)cccc1Cc1ccco1. The highest BCUT2D eigenvalue weighted by Crippen LogP contribution is 2.22. The lowest BCUT2D eigenvalue weighted by atomic mass is 10.0. The fourth-order valence-corrected chi connectivity index (χ4v) is 1.62. The largest absolute Gasteiger partial charge is 0.508 e. The van der Waals surface area contributed by atoms with Crippen molar-refractivity contribution in [1.29, 1.82) is 0 Å². The Morgan fingerprint density at radius 1 is 1.20 bits per heavy atom. The molecule has 0 amide bonds. The summed E-state index contributed by atoms with van der Waals surface area (Å²) < 4.78 is 5.25. The van der Waals surface area contributed by atoms with Crippen molar-refractivity contribution in [2.75, 3.05) is 0 Å². The van der Waals surface area contributed by atoms with E-state index in [1.54, 1.807) is 12.3 Å². The van der Waals surface area contributed by atoms with Crippen LogP contribution < -0.4 is 5.73 Å². The molecule has 0 atom stereocenters. The molecule has 0 aliphatic carbocycles. The van der Waals surface area contributed by atoms with E-state index < -0.39 is 0 Å². The highest BCUT2D eigenvalue weighted by atomic mass is 16.3. The van der Waals surface area contributed by atoms with E-state index in [1.165, 1.54) is 0 Å². The van der Waals surface area contributed by atoms with Gasteiger partial charge in [-0.1, -0.05) is 12.1 Å². The molecule has 0 saturated carbocycles. The van der Waals surface area contributed by atoms with Gasteiger partial charge in [0.25, 0.3) is 0 Å². The van der Waals surface area contributed by atoms with E-state index >= 15 is 0 Å². The van der Waals surface area contributed by atoms with Gasteiger partial charge in [-0.15, -0.1) is 0 Å². The summed E-state index contributed by atoms with van der Waals surface area (Å²) in [6, 6.07) is 9.16. The van der Waals surface area contributed by atoms with Crippen LogP contribution in [0.5, 0.6) is 5.75 Å². The zero-order valence-corrected chi connectivity index (χ0v) is 8.31. The molecular weight excluding hydrogens is 190 g/mol. The molecular formula is C12H13NO2. The number of hydrogen-bond donors (Lipinski definition) is 2. The van der Waals surface area contributed by atoms with Crippen LogP contribution in [-0.2, 0) is 13.0 Å². The lowest BCUT2D eigenvalue weighted by Gasteiger charge is -2.07. The Labute approximate surface area is 88.1 Å². The molecule has 1 heterocycles. The summed E-state index contributed by atoms with van der Waals surface area (Å²) >= 11 is 0. The molecule has 0 radical (unpaired) electrons. The van der Waals surface area contributed by atoms with Crippen molar-refractivity contribution in [3.8, 4) is 5.75 Å². The monoisotopic (exact) mass is 203 g/mol. The molecule has 0 spiro atoms. The van der Waals surface area contributed by atoms with E-state index in [2.05, 4.69) is 0 Å². The molecule has 15 heavy (non-hydrogen) atoms. The lowest BCUT2D eigenvalue weighted by Crippen LogP contribution is -2.02. The predicted octanol–water partition coefficient (Wildman–Crippen LogP) is 2.03. The zero-order valence-electron chi connectivity index (χ0n) is 8.31. The van der Waals surface area contributed by atoms with Crippen molar-refractivity contribution in [3.05, 3.63) is 53.5 Å².